The number of alkyl halides is 6. The van der Waals surface area contributed by atoms with Gasteiger partial charge in [0.15, 0.2) is 0 Å². The first-order valence-corrected chi connectivity index (χ1v) is 12.1. The van der Waals surface area contributed by atoms with Crippen molar-refractivity contribution in [1.82, 2.24) is 14.9 Å². The molecule has 1 amide bonds. The van der Waals surface area contributed by atoms with Crippen molar-refractivity contribution < 1.29 is 41.0 Å². The van der Waals surface area contributed by atoms with Crippen LogP contribution in [0.4, 0.5) is 26.3 Å². The minimum absolute atomic E-state index is 0.0816. The Morgan fingerprint density at radius 2 is 1.55 bits per heavy atom. The van der Waals surface area contributed by atoms with Crippen molar-refractivity contribution >= 4 is 22.9 Å². The largest absolute Gasteiger partial charge is 0.481 e. The van der Waals surface area contributed by atoms with Gasteiger partial charge in [-0.15, -0.1) is 0 Å². The average Bonchev–Trinajstić information content (AvgIpc) is 3.24. The number of carbonyl (C=O) groups excluding carboxylic acids is 1. The minimum Gasteiger partial charge on any atom is -0.481 e. The Balaban J connectivity index is 1.82. The SMILES string of the molecule is CC(c1ccccc1)c1nc2cc(C(=O)NCCC(=O)O)ccc2n1Cc1cc(C(F)(F)F)cc(C(F)(F)F)c1. The second-order valence-corrected chi connectivity index (χ2v) is 9.21. The third-order valence-corrected chi connectivity index (χ3v) is 6.34. The van der Waals surface area contributed by atoms with Crippen LogP contribution in [-0.4, -0.2) is 33.1 Å². The van der Waals surface area contributed by atoms with Gasteiger partial charge in [-0.2, -0.15) is 26.3 Å². The normalized spacial score (nSPS) is 12.9. The van der Waals surface area contributed by atoms with E-state index in [0.717, 1.165) is 5.56 Å². The van der Waals surface area contributed by atoms with Gasteiger partial charge in [-0.3, -0.25) is 9.59 Å². The van der Waals surface area contributed by atoms with Gasteiger partial charge in [0.25, 0.3) is 5.91 Å². The minimum atomic E-state index is -4.99. The average molecular weight is 563 g/mol. The van der Waals surface area contributed by atoms with Gasteiger partial charge < -0.3 is 15.0 Å². The maximum absolute atomic E-state index is 13.5. The molecule has 0 spiro atoms. The predicted octanol–water partition coefficient (Wildman–Crippen LogP) is 6.48. The predicted molar refractivity (Wildman–Crippen MR) is 134 cm³/mol. The number of carboxylic acids is 1. The Labute approximate surface area is 224 Å². The zero-order valence-electron chi connectivity index (χ0n) is 21.0. The van der Waals surface area contributed by atoms with Gasteiger partial charge in [-0.25, -0.2) is 4.98 Å². The topological polar surface area (TPSA) is 84.2 Å². The number of nitrogens with zero attached hydrogens (tertiary/aromatic N) is 2. The molecule has 4 aromatic rings. The lowest BCUT2D eigenvalue weighted by atomic mass is 10.00. The second-order valence-electron chi connectivity index (χ2n) is 9.21. The van der Waals surface area contributed by atoms with Crippen molar-refractivity contribution in [3.63, 3.8) is 0 Å². The van der Waals surface area contributed by atoms with E-state index in [9.17, 15) is 35.9 Å². The number of halogens is 6. The summed E-state index contributed by atoms with van der Waals surface area (Å²) in [5.74, 6) is -1.68. The lowest BCUT2D eigenvalue weighted by Gasteiger charge is -2.18. The van der Waals surface area contributed by atoms with E-state index in [2.05, 4.69) is 10.3 Å². The van der Waals surface area contributed by atoms with Crippen LogP contribution in [0, 0.1) is 0 Å². The monoisotopic (exact) mass is 563 g/mol. The highest BCUT2D eigenvalue weighted by Crippen LogP contribution is 2.37. The zero-order valence-corrected chi connectivity index (χ0v) is 21.0. The van der Waals surface area contributed by atoms with Crippen LogP contribution in [-0.2, 0) is 23.7 Å². The van der Waals surface area contributed by atoms with Crippen LogP contribution in [0.3, 0.4) is 0 Å². The molecule has 210 valence electrons. The molecule has 1 heterocycles. The van der Waals surface area contributed by atoms with Crippen molar-refractivity contribution in [1.29, 1.82) is 0 Å². The van der Waals surface area contributed by atoms with Crippen LogP contribution in [0.25, 0.3) is 11.0 Å². The first kappa shape index (κ1) is 28.7. The molecule has 0 fully saturated rings. The third-order valence-electron chi connectivity index (χ3n) is 6.34. The number of hydrogen-bond acceptors (Lipinski definition) is 3. The summed E-state index contributed by atoms with van der Waals surface area (Å²) < 4.78 is 82.5. The van der Waals surface area contributed by atoms with Crippen LogP contribution in [0.5, 0.6) is 0 Å². The van der Waals surface area contributed by atoms with Gasteiger partial charge in [0.05, 0.1) is 28.6 Å². The van der Waals surface area contributed by atoms with Gasteiger partial charge in [-0.1, -0.05) is 37.3 Å². The van der Waals surface area contributed by atoms with Crippen LogP contribution < -0.4 is 5.32 Å². The number of carboxylic acid groups (broad SMARTS) is 1. The van der Waals surface area contributed by atoms with Gasteiger partial charge >= 0.3 is 18.3 Å². The summed E-state index contributed by atoms with van der Waals surface area (Å²) in [5.41, 5.74) is -1.39. The van der Waals surface area contributed by atoms with Crippen molar-refractivity contribution in [2.75, 3.05) is 6.54 Å². The Kier molecular flexibility index (Phi) is 7.90. The zero-order chi connectivity index (χ0) is 29.2. The number of carbonyl (C=O) groups is 2. The lowest BCUT2D eigenvalue weighted by Crippen LogP contribution is -2.25. The Hall–Kier alpha value is -4.35. The number of aliphatic carboxylic acids is 1. The smallest absolute Gasteiger partial charge is 0.416 e. The number of benzene rings is 3. The quantitative estimate of drug-likeness (QED) is 0.241. The molecule has 0 aliphatic heterocycles. The first-order valence-electron chi connectivity index (χ1n) is 12.1. The third kappa shape index (κ3) is 6.44. The summed E-state index contributed by atoms with van der Waals surface area (Å²) in [5, 5.41) is 11.3. The number of hydrogen-bond donors (Lipinski definition) is 2. The fraction of sp³-hybridized carbons (Fsp3) is 0.250. The Bertz CT molecular complexity index is 1510. The van der Waals surface area contributed by atoms with Crippen molar-refractivity contribution in [3.8, 4) is 0 Å². The molecule has 12 heteroatoms. The van der Waals surface area contributed by atoms with Gasteiger partial charge in [0.1, 0.15) is 5.82 Å². The van der Waals surface area contributed by atoms with E-state index in [1.165, 1.54) is 22.8 Å². The summed E-state index contributed by atoms with van der Waals surface area (Å²) in [4.78, 5) is 27.9. The van der Waals surface area contributed by atoms with Crippen LogP contribution >= 0.6 is 0 Å². The second kappa shape index (κ2) is 11.0. The summed E-state index contributed by atoms with van der Waals surface area (Å²) in [7, 11) is 0. The van der Waals surface area contributed by atoms with Crippen molar-refractivity contribution in [2.24, 2.45) is 0 Å². The fourth-order valence-electron chi connectivity index (χ4n) is 4.36. The molecule has 40 heavy (non-hydrogen) atoms. The number of aromatic nitrogens is 2. The molecule has 0 aliphatic rings. The van der Waals surface area contributed by atoms with E-state index < -0.39 is 41.3 Å². The molecular weight excluding hydrogens is 540 g/mol. The molecule has 1 unspecified atom stereocenters. The molecule has 0 saturated heterocycles. The van der Waals surface area contributed by atoms with Gasteiger partial charge in [0.2, 0.25) is 0 Å². The van der Waals surface area contributed by atoms with E-state index in [4.69, 9.17) is 5.11 Å². The van der Waals surface area contributed by atoms with Crippen LogP contribution in [0.1, 0.15) is 57.7 Å². The lowest BCUT2D eigenvalue weighted by molar-refractivity contribution is -0.143. The van der Waals surface area contributed by atoms with E-state index in [1.54, 1.807) is 25.1 Å². The van der Waals surface area contributed by atoms with E-state index in [0.29, 0.717) is 29.0 Å². The van der Waals surface area contributed by atoms with E-state index >= 15 is 0 Å². The van der Waals surface area contributed by atoms with Gasteiger partial charge in [0, 0.05) is 24.6 Å². The molecule has 0 saturated carbocycles. The number of fused-ring (bicyclic) bond motifs is 1. The molecule has 2 N–H and O–H groups in total. The maximum atomic E-state index is 13.5. The molecule has 0 aliphatic carbocycles. The Morgan fingerprint density at radius 1 is 0.925 bits per heavy atom. The van der Waals surface area contributed by atoms with Crippen molar-refractivity contribution in [2.45, 2.75) is 38.2 Å². The Morgan fingerprint density at radius 3 is 2.12 bits per heavy atom. The summed E-state index contributed by atoms with van der Waals surface area (Å²) >= 11 is 0. The summed E-state index contributed by atoms with van der Waals surface area (Å²) in [6, 6.07) is 14.9. The van der Waals surface area contributed by atoms with E-state index in [1.807, 2.05) is 12.1 Å². The molecule has 6 nitrogen and oxygen atoms in total. The van der Waals surface area contributed by atoms with Gasteiger partial charge in [-0.05, 0) is 47.5 Å². The standard InChI is InChI=1S/C28H23F6N3O3/c1-16(18-5-3-2-4-6-18)25-36-22-13-19(26(40)35-10-9-24(38)39)7-8-23(22)37(25)15-17-11-20(27(29,30)31)14-21(12-17)28(32,33)34/h2-8,11-14,16H,9-10,15H2,1H3,(H,35,40)(H,38,39). The van der Waals surface area contributed by atoms with Crippen molar-refractivity contribution in [3.05, 3.63) is 100 Å². The highest BCUT2D eigenvalue weighted by molar-refractivity contribution is 5.97. The molecular formula is C28H23F6N3O3. The number of imidazole rings is 1. The number of amides is 1. The number of nitrogens with one attached hydrogen (secondary N) is 1. The maximum Gasteiger partial charge on any atom is 0.416 e. The molecule has 1 atom stereocenters. The number of rotatable bonds is 8. The fourth-order valence-corrected chi connectivity index (χ4v) is 4.36. The van der Waals surface area contributed by atoms with E-state index in [-0.39, 0.29) is 36.7 Å². The first-order chi connectivity index (χ1) is 18.7. The summed E-state index contributed by atoms with van der Waals surface area (Å²) in [6.07, 6.45) is -10.3. The highest BCUT2D eigenvalue weighted by Gasteiger charge is 2.37. The molecule has 1 aromatic heterocycles. The highest BCUT2D eigenvalue weighted by atomic mass is 19.4. The molecule has 3 aromatic carbocycles. The summed E-state index contributed by atoms with van der Waals surface area (Å²) in [6.45, 7) is 1.36. The molecule has 0 bridgehead atoms. The molecule has 4 rings (SSSR count). The molecule has 0 radical (unpaired) electrons. The van der Waals surface area contributed by atoms with Crippen LogP contribution in [0.2, 0.25) is 0 Å². The van der Waals surface area contributed by atoms with Crippen LogP contribution in [0.15, 0.2) is 66.7 Å².